The normalized spacial score (nSPS) is 33.0. The third-order valence-electron chi connectivity index (χ3n) is 3.26. The summed E-state index contributed by atoms with van der Waals surface area (Å²) in [5.41, 5.74) is -2.75. The van der Waals surface area contributed by atoms with Crippen LogP contribution in [0.25, 0.3) is 0 Å². The van der Waals surface area contributed by atoms with E-state index in [1.54, 1.807) is 0 Å². The van der Waals surface area contributed by atoms with Gasteiger partial charge in [0, 0.05) is 0 Å². The minimum atomic E-state index is -1.86. The van der Waals surface area contributed by atoms with Crippen molar-refractivity contribution < 1.29 is 20.1 Å². The molecule has 1 heterocycles. The molecule has 4 nitrogen and oxygen atoms in total. The average molecular weight is 218 g/mol. The Kier molecular flexibility index (Phi) is 2.53. The highest BCUT2D eigenvalue weighted by atomic mass is 16.8. The first-order valence-electron chi connectivity index (χ1n) is 5.18. The first-order valence-corrected chi connectivity index (χ1v) is 5.18. The molecule has 1 aliphatic heterocycles. The number of ether oxygens (including phenoxy) is 1. The third kappa shape index (κ3) is 1.51. The van der Waals surface area contributed by atoms with E-state index in [9.17, 15) is 15.3 Å². The van der Waals surface area contributed by atoms with Crippen molar-refractivity contribution in [3.63, 3.8) is 0 Å². The standard InChI is InChI=1S/C11H22O4/c1-8(2,3)11(14,9(4,5)6)10(13)7(12)15-10/h7,12-14H,1-6H3. The first-order chi connectivity index (χ1) is 6.38. The van der Waals surface area contributed by atoms with Gasteiger partial charge in [0.05, 0.1) is 0 Å². The highest BCUT2D eigenvalue weighted by Crippen LogP contribution is 2.57. The fourth-order valence-electron chi connectivity index (χ4n) is 2.60. The summed E-state index contributed by atoms with van der Waals surface area (Å²) >= 11 is 0. The van der Waals surface area contributed by atoms with E-state index in [-0.39, 0.29) is 0 Å². The highest BCUT2D eigenvalue weighted by molar-refractivity contribution is 5.14. The van der Waals surface area contributed by atoms with Crippen molar-refractivity contribution in [3.8, 4) is 0 Å². The van der Waals surface area contributed by atoms with Gasteiger partial charge in [-0.25, -0.2) is 0 Å². The molecular weight excluding hydrogens is 196 g/mol. The molecule has 1 saturated heterocycles. The summed E-state index contributed by atoms with van der Waals surface area (Å²) in [6, 6.07) is 0. The molecule has 0 aromatic carbocycles. The van der Waals surface area contributed by atoms with Gasteiger partial charge in [0.2, 0.25) is 6.29 Å². The predicted octanol–water partition coefficient (Wildman–Crippen LogP) is 0.847. The second kappa shape index (κ2) is 2.94. The first kappa shape index (κ1) is 12.9. The van der Waals surface area contributed by atoms with Gasteiger partial charge in [-0.05, 0) is 10.8 Å². The number of epoxide rings is 1. The Morgan fingerprint density at radius 3 is 1.33 bits per heavy atom. The molecule has 1 rings (SSSR count). The molecule has 0 bridgehead atoms. The molecule has 0 spiro atoms. The lowest BCUT2D eigenvalue weighted by molar-refractivity contribution is -0.250. The molecule has 0 amide bonds. The minimum absolute atomic E-state index is 0.614. The number of aliphatic hydroxyl groups is 3. The quantitative estimate of drug-likeness (QED) is 0.570. The van der Waals surface area contributed by atoms with Crippen LogP contribution < -0.4 is 0 Å². The van der Waals surface area contributed by atoms with Crippen molar-refractivity contribution in [3.05, 3.63) is 0 Å². The number of hydrogen-bond acceptors (Lipinski definition) is 4. The number of aliphatic hydroxyl groups excluding tert-OH is 1. The predicted molar refractivity (Wildman–Crippen MR) is 55.9 cm³/mol. The second-order valence-corrected chi connectivity index (χ2v) is 6.38. The van der Waals surface area contributed by atoms with Crippen molar-refractivity contribution in [2.45, 2.75) is 59.2 Å². The number of rotatable bonds is 1. The van der Waals surface area contributed by atoms with Crippen molar-refractivity contribution >= 4 is 0 Å². The highest BCUT2D eigenvalue weighted by Gasteiger charge is 2.75. The molecule has 0 aromatic rings. The average Bonchev–Trinajstić information content (AvgIpc) is 2.54. The zero-order valence-electron chi connectivity index (χ0n) is 10.3. The lowest BCUT2D eigenvalue weighted by atomic mass is 9.59. The van der Waals surface area contributed by atoms with Gasteiger partial charge >= 0.3 is 0 Å². The lowest BCUT2D eigenvalue weighted by Crippen LogP contribution is -2.64. The van der Waals surface area contributed by atoms with Gasteiger partial charge < -0.3 is 20.1 Å². The molecular formula is C11H22O4. The molecule has 0 radical (unpaired) electrons. The van der Waals surface area contributed by atoms with Gasteiger partial charge in [-0.3, -0.25) is 0 Å². The Hall–Kier alpha value is -0.160. The zero-order chi connectivity index (χ0) is 12.3. The van der Waals surface area contributed by atoms with Gasteiger partial charge in [0.15, 0.2) is 0 Å². The van der Waals surface area contributed by atoms with E-state index >= 15 is 0 Å². The fraction of sp³-hybridized carbons (Fsp3) is 1.00. The van der Waals surface area contributed by atoms with Crippen molar-refractivity contribution in [2.75, 3.05) is 0 Å². The van der Waals surface area contributed by atoms with Crippen LogP contribution in [-0.4, -0.2) is 33.0 Å². The molecule has 4 heteroatoms. The summed E-state index contributed by atoms with van der Waals surface area (Å²) in [7, 11) is 0. The number of hydrogen-bond donors (Lipinski definition) is 3. The maximum Gasteiger partial charge on any atom is 0.251 e. The van der Waals surface area contributed by atoms with Crippen molar-refractivity contribution in [1.29, 1.82) is 0 Å². The summed E-state index contributed by atoms with van der Waals surface area (Å²) in [5, 5.41) is 30.1. The second-order valence-electron chi connectivity index (χ2n) is 6.38. The molecule has 15 heavy (non-hydrogen) atoms. The van der Waals surface area contributed by atoms with Crippen LogP contribution in [0.2, 0.25) is 0 Å². The molecule has 0 aliphatic carbocycles. The maximum absolute atomic E-state index is 10.7. The van der Waals surface area contributed by atoms with E-state index in [1.165, 1.54) is 0 Å². The molecule has 2 atom stereocenters. The van der Waals surface area contributed by atoms with Crippen LogP contribution in [0.3, 0.4) is 0 Å². The summed E-state index contributed by atoms with van der Waals surface area (Å²) in [5.74, 6) is -1.86. The summed E-state index contributed by atoms with van der Waals surface area (Å²) in [6.45, 7) is 10.9. The molecule has 90 valence electrons. The Balaban J connectivity index is 3.22. The lowest BCUT2D eigenvalue weighted by Gasteiger charge is -2.50. The Morgan fingerprint density at radius 2 is 1.27 bits per heavy atom. The van der Waals surface area contributed by atoms with Crippen LogP contribution in [0.5, 0.6) is 0 Å². The van der Waals surface area contributed by atoms with Gasteiger partial charge in [-0.15, -0.1) is 0 Å². The molecule has 3 N–H and O–H groups in total. The van der Waals surface area contributed by atoms with Crippen LogP contribution in [0.4, 0.5) is 0 Å². The molecule has 1 fully saturated rings. The van der Waals surface area contributed by atoms with Gasteiger partial charge in [0.1, 0.15) is 5.60 Å². The van der Waals surface area contributed by atoms with Crippen LogP contribution >= 0.6 is 0 Å². The fourth-order valence-corrected chi connectivity index (χ4v) is 2.60. The largest absolute Gasteiger partial charge is 0.383 e. The maximum atomic E-state index is 10.7. The van der Waals surface area contributed by atoms with Crippen molar-refractivity contribution in [1.82, 2.24) is 0 Å². The molecule has 1 aliphatic rings. The van der Waals surface area contributed by atoms with Gasteiger partial charge in [0.25, 0.3) is 5.79 Å². The van der Waals surface area contributed by atoms with E-state index in [4.69, 9.17) is 4.74 Å². The Morgan fingerprint density at radius 1 is 1.00 bits per heavy atom. The van der Waals surface area contributed by atoms with E-state index in [0.717, 1.165) is 0 Å². The van der Waals surface area contributed by atoms with E-state index in [2.05, 4.69) is 0 Å². The van der Waals surface area contributed by atoms with E-state index in [0.29, 0.717) is 0 Å². The Bertz CT molecular complexity index is 247. The van der Waals surface area contributed by atoms with E-state index < -0.39 is 28.5 Å². The minimum Gasteiger partial charge on any atom is -0.383 e. The van der Waals surface area contributed by atoms with Crippen LogP contribution in [0.15, 0.2) is 0 Å². The topological polar surface area (TPSA) is 73.2 Å². The Labute approximate surface area is 90.9 Å². The monoisotopic (exact) mass is 218 g/mol. The summed E-state index contributed by atoms with van der Waals surface area (Å²) in [4.78, 5) is 0. The summed E-state index contributed by atoms with van der Waals surface area (Å²) in [6.07, 6.45) is -1.30. The van der Waals surface area contributed by atoms with Crippen LogP contribution in [0, 0.1) is 10.8 Å². The SMILES string of the molecule is CC(C)(C)C(O)(C(C)(C)C)C1(O)OC1O. The third-order valence-corrected chi connectivity index (χ3v) is 3.26. The summed E-state index contributed by atoms with van der Waals surface area (Å²) < 4.78 is 4.78. The van der Waals surface area contributed by atoms with Crippen LogP contribution in [-0.2, 0) is 4.74 Å². The smallest absolute Gasteiger partial charge is 0.251 e. The van der Waals surface area contributed by atoms with Crippen LogP contribution in [0.1, 0.15) is 41.5 Å². The van der Waals surface area contributed by atoms with Gasteiger partial charge in [-0.1, -0.05) is 41.5 Å². The molecule has 2 unspecified atom stereocenters. The van der Waals surface area contributed by atoms with Crippen molar-refractivity contribution in [2.24, 2.45) is 10.8 Å². The zero-order valence-corrected chi connectivity index (χ0v) is 10.3. The van der Waals surface area contributed by atoms with Gasteiger partial charge in [-0.2, -0.15) is 0 Å². The van der Waals surface area contributed by atoms with E-state index in [1.807, 2.05) is 41.5 Å². The molecule has 0 aromatic heterocycles. The molecule has 0 saturated carbocycles.